The molecule has 0 aliphatic carbocycles. The second-order valence-corrected chi connectivity index (χ2v) is 5.40. The highest BCUT2D eigenvalue weighted by atomic mass is 32.2. The Morgan fingerprint density at radius 2 is 2.09 bits per heavy atom. The van der Waals surface area contributed by atoms with Crippen LogP contribution >= 0.6 is 11.8 Å². The van der Waals surface area contributed by atoms with Crippen LogP contribution in [0.4, 0.5) is 10.1 Å². The summed E-state index contributed by atoms with van der Waals surface area (Å²) in [5.41, 5.74) is 2.37. The van der Waals surface area contributed by atoms with E-state index >= 15 is 0 Å². The zero-order chi connectivity index (χ0) is 16.2. The molecule has 0 atom stereocenters. The van der Waals surface area contributed by atoms with Crippen molar-refractivity contribution in [1.29, 1.82) is 5.26 Å². The summed E-state index contributed by atoms with van der Waals surface area (Å²) in [5.74, 6) is -0.158. The number of oxazole rings is 1. The van der Waals surface area contributed by atoms with Gasteiger partial charge in [-0.15, -0.1) is 0 Å². The number of amides is 1. The molecular weight excluding hydrogens is 317 g/mol. The topological polar surface area (TPSA) is 78.9 Å². The molecule has 0 aliphatic heterocycles. The molecule has 23 heavy (non-hydrogen) atoms. The number of hydrogen-bond acceptors (Lipinski definition) is 5. The number of hydrogen-bond donors (Lipinski definition) is 1. The molecular formula is C16H10FN3O2S. The van der Waals surface area contributed by atoms with Gasteiger partial charge in [0.1, 0.15) is 16.7 Å². The lowest BCUT2D eigenvalue weighted by Crippen LogP contribution is -2.13. The molecule has 1 heterocycles. The van der Waals surface area contributed by atoms with Gasteiger partial charge >= 0.3 is 0 Å². The van der Waals surface area contributed by atoms with Gasteiger partial charge in [0.2, 0.25) is 11.8 Å². The van der Waals surface area contributed by atoms with Gasteiger partial charge in [-0.3, -0.25) is 4.79 Å². The number of benzene rings is 2. The van der Waals surface area contributed by atoms with Crippen molar-refractivity contribution in [1.82, 2.24) is 4.98 Å². The molecule has 0 aliphatic rings. The van der Waals surface area contributed by atoms with Crippen LogP contribution in [-0.4, -0.2) is 16.6 Å². The number of thiocyanates is 1. The number of rotatable bonds is 4. The van der Waals surface area contributed by atoms with Crippen molar-refractivity contribution < 1.29 is 13.6 Å². The number of thioether (sulfide) groups is 1. The molecule has 3 rings (SSSR count). The van der Waals surface area contributed by atoms with Gasteiger partial charge < -0.3 is 9.73 Å². The van der Waals surface area contributed by atoms with E-state index in [9.17, 15) is 9.18 Å². The van der Waals surface area contributed by atoms with Gasteiger partial charge in [-0.25, -0.2) is 9.37 Å². The average Bonchev–Trinajstić information content (AvgIpc) is 2.96. The number of nitriles is 1. The van der Waals surface area contributed by atoms with E-state index in [-0.39, 0.29) is 17.5 Å². The normalized spacial score (nSPS) is 10.4. The van der Waals surface area contributed by atoms with Crippen molar-refractivity contribution in [3.63, 3.8) is 0 Å². The Morgan fingerprint density at radius 1 is 1.30 bits per heavy atom. The molecule has 7 heteroatoms. The van der Waals surface area contributed by atoms with Gasteiger partial charge in [0.25, 0.3) is 0 Å². The lowest BCUT2D eigenvalue weighted by molar-refractivity contribution is -0.113. The smallest absolute Gasteiger partial charge is 0.235 e. The van der Waals surface area contributed by atoms with Gasteiger partial charge in [0, 0.05) is 17.3 Å². The standard InChI is InChI=1S/C16H10FN3O2S/c17-11-3-1-10(2-4-11)16-20-13-6-5-12(7-14(13)22-16)19-15(21)8-23-9-18/h1-7H,8H2,(H,19,21). The highest BCUT2D eigenvalue weighted by molar-refractivity contribution is 8.04. The fourth-order valence-electron chi connectivity index (χ4n) is 2.01. The van der Waals surface area contributed by atoms with Crippen LogP contribution in [0.3, 0.4) is 0 Å². The summed E-state index contributed by atoms with van der Waals surface area (Å²) >= 11 is 0.869. The number of carbonyl (C=O) groups is 1. The fraction of sp³-hybridized carbons (Fsp3) is 0.0625. The molecule has 0 unspecified atom stereocenters. The lowest BCUT2D eigenvalue weighted by atomic mass is 10.2. The average molecular weight is 327 g/mol. The number of anilines is 1. The number of aromatic nitrogens is 1. The highest BCUT2D eigenvalue weighted by Gasteiger charge is 2.10. The Hall–Kier alpha value is -2.85. The summed E-state index contributed by atoms with van der Waals surface area (Å²) in [6.45, 7) is 0. The largest absolute Gasteiger partial charge is 0.436 e. The van der Waals surface area contributed by atoms with Crippen molar-refractivity contribution in [3.05, 3.63) is 48.3 Å². The molecule has 1 aromatic heterocycles. The molecule has 0 spiro atoms. The number of nitrogens with one attached hydrogen (secondary N) is 1. The van der Waals surface area contributed by atoms with E-state index in [0.29, 0.717) is 28.2 Å². The Balaban J connectivity index is 1.85. The molecule has 1 N–H and O–H groups in total. The molecule has 0 fully saturated rings. The minimum atomic E-state index is -0.329. The van der Waals surface area contributed by atoms with Crippen molar-refractivity contribution >= 4 is 34.5 Å². The summed E-state index contributed by atoms with van der Waals surface area (Å²) in [7, 11) is 0. The Kier molecular flexibility index (Phi) is 4.26. The third-order valence-corrected chi connectivity index (χ3v) is 3.57. The lowest BCUT2D eigenvalue weighted by Gasteiger charge is -2.02. The SMILES string of the molecule is N#CSCC(=O)Nc1ccc2nc(-c3ccc(F)cc3)oc2c1. The fourth-order valence-corrected chi connectivity index (χ4v) is 2.28. The summed E-state index contributed by atoms with van der Waals surface area (Å²) in [4.78, 5) is 15.9. The van der Waals surface area contributed by atoms with E-state index in [1.165, 1.54) is 12.1 Å². The minimum absolute atomic E-state index is 0.0613. The van der Waals surface area contributed by atoms with E-state index in [4.69, 9.17) is 9.68 Å². The zero-order valence-electron chi connectivity index (χ0n) is 11.7. The van der Waals surface area contributed by atoms with E-state index in [0.717, 1.165) is 11.8 Å². The molecule has 114 valence electrons. The molecule has 0 saturated carbocycles. The Labute approximate surface area is 135 Å². The van der Waals surface area contributed by atoms with Gasteiger partial charge in [-0.05, 0) is 48.2 Å². The van der Waals surface area contributed by atoms with Gasteiger partial charge in [0.15, 0.2) is 5.58 Å². The first kappa shape index (κ1) is 15.1. The van der Waals surface area contributed by atoms with Gasteiger partial charge in [-0.2, -0.15) is 5.26 Å². The Morgan fingerprint density at radius 3 is 2.83 bits per heavy atom. The maximum Gasteiger partial charge on any atom is 0.235 e. The van der Waals surface area contributed by atoms with Gasteiger partial charge in [-0.1, -0.05) is 0 Å². The highest BCUT2D eigenvalue weighted by Crippen LogP contribution is 2.26. The summed E-state index contributed by atoms with van der Waals surface area (Å²) < 4.78 is 18.6. The first-order valence-electron chi connectivity index (χ1n) is 6.63. The van der Waals surface area contributed by atoms with Crippen LogP contribution in [0, 0.1) is 16.5 Å². The molecule has 3 aromatic rings. The van der Waals surface area contributed by atoms with Crippen molar-refractivity contribution in [3.8, 4) is 16.9 Å². The van der Waals surface area contributed by atoms with E-state index in [1.54, 1.807) is 30.3 Å². The number of halogens is 1. The first-order valence-corrected chi connectivity index (χ1v) is 7.61. The number of fused-ring (bicyclic) bond motifs is 1. The molecule has 0 bridgehead atoms. The minimum Gasteiger partial charge on any atom is -0.436 e. The molecule has 0 saturated heterocycles. The van der Waals surface area contributed by atoms with Crippen LogP contribution in [0.25, 0.3) is 22.6 Å². The summed E-state index contributed by atoms with van der Waals surface area (Å²) in [6, 6.07) is 10.9. The monoisotopic (exact) mass is 327 g/mol. The molecule has 1 amide bonds. The number of nitrogens with zero attached hydrogens (tertiary/aromatic N) is 2. The van der Waals surface area contributed by atoms with Crippen LogP contribution in [-0.2, 0) is 4.79 Å². The molecule has 2 aromatic carbocycles. The number of carbonyl (C=O) groups excluding carboxylic acids is 1. The Bertz CT molecular complexity index is 900. The third-order valence-electron chi connectivity index (χ3n) is 3.03. The second kappa shape index (κ2) is 6.50. The predicted molar refractivity (Wildman–Crippen MR) is 86.1 cm³/mol. The second-order valence-electron chi connectivity index (χ2n) is 4.64. The van der Waals surface area contributed by atoms with Crippen LogP contribution in [0.1, 0.15) is 0 Å². The van der Waals surface area contributed by atoms with Crippen LogP contribution in [0.15, 0.2) is 46.9 Å². The van der Waals surface area contributed by atoms with Crippen molar-refractivity contribution in [2.75, 3.05) is 11.1 Å². The van der Waals surface area contributed by atoms with E-state index in [1.807, 2.05) is 5.40 Å². The van der Waals surface area contributed by atoms with E-state index in [2.05, 4.69) is 10.3 Å². The van der Waals surface area contributed by atoms with E-state index < -0.39 is 0 Å². The van der Waals surface area contributed by atoms with Crippen LogP contribution in [0.2, 0.25) is 0 Å². The van der Waals surface area contributed by atoms with Crippen LogP contribution < -0.4 is 5.32 Å². The molecule has 5 nitrogen and oxygen atoms in total. The van der Waals surface area contributed by atoms with Crippen LogP contribution in [0.5, 0.6) is 0 Å². The van der Waals surface area contributed by atoms with Crippen molar-refractivity contribution in [2.24, 2.45) is 0 Å². The summed E-state index contributed by atoms with van der Waals surface area (Å²) in [6.07, 6.45) is 0. The molecule has 0 radical (unpaired) electrons. The maximum absolute atomic E-state index is 13.0. The zero-order valence-corrected chi connectivity index (χ0v) is 12.6. The van der Waals surface area contributed by atoms with Crippen molar-refractivity contribution in [2.45, 2.75) is 0 Å². The first-order chi connectivity index (χ1) is 11.2. The summed E-state index contributed by atoms with van der Waals surface area (Å²) in [5, 5.41) is 13.0. The predicted octanol–water partition coefficient (Wildman–Crippen LogP) is 3.79. The third kappa shape index (κ3) is 3.49. The quantitative estimate of drug-likeness (QED) is 0.738. The van der Waals surface area contributed by atoms with Gasteiger partial charge in [0.05, 0.1) is 5.75 Å². The maximum atomic E-state index is 13.0.